The Morgan fingerprint density at radius 1 is 1.13 bits per heavy atom. The van der Waals surface area contributed by atoms with Crippen molar-refractivity contribution in [3.05, 3.63) is 56.9 Å². The summed E-state index contributed by atoms with van der Waals surface area (Å²) >= 11 is 3.18. The average Bonchev–Trinajstić information content (AvgIpc) is 3.01. The highest BCUT2D eigenvalue weighted by molar-refractivity contribution is 9.10. The number of nitrogens with zero attached hydrogens (tertiary/aromatic N) is 3. The second kappa shape index (κ2) is 6.41. The minimum atomic E-state index is -0.382. The molecule has 1 aliphatic rings. The second-order valence-electron chi connectivity index (χ2n) is 5.13. The number of hydrogen-bond donors (Lipinski definition) is 0. The number of anilines is 1. The number of nitro groups is 1. The SMILES string of the molecule is O=C(c1ccc(Br)o1)N1CCN(c2ccccc2[N+](=O)[O-])CC1. The normalized spacial score (nSPS) is 14.8. The van der Waals surface area contributed by atoms with Crippen LogP contribution in [-0.2, 0) is 0 Å². The van der Waals surface area contributed by atoms with Crippen LogP contribution in [0.3, 0.4) is 0 Å². The number of rotatable bonds is 3. The fourth-order valence-corrected chi connectivity index (χ4v) is 2.93. The molecule has 0 bridgehead atoms. The van der Waals surface area contributed by atoms with Gasteiger partial charge in [0.25, 0.3) is 11.6 Å². The standard InChI is InChI=1S/C15H14BrN3O4/c16-14-6-5-13(23-14)15(20)18-9-7-17(8-10-18)11-3-1-2-4-12(11)19(21)22/h1-6H,7-10H2. The van der Waals surface area contributed by atoms with Gasteiger partial charge in [0.15, 0.2) is 10.4 Å². The lowest BCUT2D eigenvalue weighted by Crippen LogP contribution is -2.48. The predicted molar refractivity (Wildman–Crippen MR) is 87.6 cm³/mol. The molecule has 1 aromatic heterocycles. The highest BCUT2D eigenvalue weighted by Gasteiger charge is 2.27. The number of piperazine rings is 1. The summed E-state index contributed by atoms with van der Waals surface area (Å²) < 4.78 is 5.80. The van der Waals surface area contributed by atoms with Gasteiger partial charge in [-0.2, -0.15) is 0 Å². The lowest BCUT2D eigenvalue weighted by atomic mass is 10.2. The number of furan rings is 1. The third-order valence-electron chi connectivity index (χ3n) is 3.77. The van der Waals surface area contributed by atoms with Crippen molar-refractivity contribution in [2.75, 3.05) is 31.1 Å². The largest absolute Gasteiger partial charge is 0.444 e. The van der Waals surface area contributed by atoms with E-state index in [4.69, 9.17) is 4.42 Å². The topological polar surface area (TPSA) is 79.8 Å². The molecule has 0 saturated carbocycles. The zero-order valence-corrected chi connectivity index (χ0v) is 13.7. The fourth-order valence-electron chi connectivity index (χ4n) is 2.62. The number of carbonyl (C=O) groups excluding carboxylic acids is 1. The Bertz CT molecular complexity index is 738. The number of carbonyl (C=O) groups is 1. The van der Waals surface area contributed by atoms with Gasteiger partial charge in [0, 0.05) is 32.2 Å². The van der Waals surface area contributed by atoms with Crippen LogP contribution in [-0.4, -0.2) is 41.9 Å². The van der Waals surface area contributed by atoms with Crippen molar-refractivity contribution in [2.45, 2.75) is 0 Å². The molecule has 0 radical (unpaired) electrons. The summed E-state index contributed by atoms with van der Waals surface area (Å²) in [5, 5.41) is 11.1. The van der Waals surface area contributed by atoms with Crippen molar-refractivity contribution < 1.29 is 14.1 Å². The van der Waals surface area contributed by atoms with Crippen molar-refractivity contribution in [2.24, 2.45) is 0 Å². The molecule has 7 nitrogen and oxygen atoms in total. The molecular formula is C15H14BrN3O4. The van der Waals surface area contributed by atoms with E-state index >= 15 is 0 Å². The van der Waals surface area contributed by atoms with Crippen LogP contribution in [0.4, 0.5) is 11.4 Å². The maximum absolute atomic E-state index is 12.3. The third kappa shape index (κ3) is 3.21. The number of benzene rings is 1. The van der Waals surface area contributed by atoms with E-state index in [1.807, 2.05) is 4.90 Å². The van der Waals surface area contributed by atoms with Gasteiger partial charge in [-0.05, 0) is 34.1 Å². The lowest BCUT2D eigenvalue weighted by molar-refractivity contribution is -0.384. The molecule has 1 aromatic carbocycles. The summed E-state index contributed by atoms with van der Waals surface area (Å²) in [7, 11) is 0. The molecule has 0 spiro atoms. The highest BCUT2D eigenvalue weighted by atomic mass is 79.9. The molecule has 0 aliphatic carbocycles. The second-order valence-corrected chi connectivity index (χ2v) is 5.91. The lowest BCUT2D eigenvalue weighted by Gasteiger charge is -2.35. The van der Waals surface area contributed by atoms with Gasteiger partial charge < -0.3 is 14.2 Å². The van der Waals surface area contributed by atoms with E-state index in [9.17, 15) is 14.9 Å². The molecule has 1 fully saturated rings. The van der Waals surface area contributed by atoms with Crippen LogP contribution in [0.1, 0.15) is 10.6 Å². The monoisotopic (exact) mass is 379 g/mol. The highest BCUT2D eigenvalue weighted by Crippen LogP contribution is 2.28. The van der Waals surface area contributed by atoms with E-state index in [0.717, 1.165) is 0 Å². The number of nitro benzene ring substituents is 1. The Labute approximate surface area is 140 Å². The number of para-hydroxylation sites is 2. The molecule has 2 aromatic rings. The van der Waals surface area contributed by atoms with Crippen molar-refractivity contribution >= 4 is 33.2 Å². The fraction of sp³-hybridized carbons (Fsp3) is 0.267. The first-order valence-electron chi connectivity index (χ1n) is 7.09. The molecular weight excluding hydrogens is 366 g/mol. The van der Waals surface area contributed by atoms with Gasteiger partial charge in [0.05, 0.1) is 4.92 Å². The molecule has 1 aliphatic heterocycles. The van der Waals surface area contributed by atoms with E-state index in [1.165, 1.54) is 6.07 Å². The van der Waals surface area contributed by atoms with Gasteiger partial charge in [0.1, 0.15) is 5.69 Å². The summed E-state index contributed by atoms with van der Waals surface area (Å²) in [6, 6.07) is 9.96. The van der Waals surface area contributed by atoms with Crippen molar-refractivity contribution in [3.63, 3.8) is 0 Å². The minimum Gasteiger partial charge on any atom is -0.444 e. The molecule has 2 heterocycles. The van der Waals surface area contributed by atoms with Crippen LogP contribution in [0.25, 0.3) is 0 Å². The van der Waals surface area contributed by atoms with Crippen LogP contribution in [0.5, 0.6) is 0 Å². The molecule has 0 atom stereocenters. The summed E-state index contributed by atoms with van der Waals surface area (Å²) in [6.07, 6.45) is 0. The maximum Gasteiger partial charge on any atom is 0.292 e. The zero-order chi connectivity index (χ0) is 16.4. The van der Waals surface area contributed by atoms with Gasteiger partial charge in [0.2, 0.25) is 0 Å². The molecule has 120 valence electrons. The number of hydrogen-bond acceptors (Lipinski definition) is 5. The molecule has 1 saturated heterocycles. The molecule has 8 heteroatoms. The molecule has 0 unspecified atom stereocenters. The van der Waals surface area contributed by atoms with Crippen LogP contribution < -0.4 is 4.90 Å². The zero-order valence-electron chi connectivity index (χ0n) is 12.1. The average molecular weight is 380 g/mol. The molecule has 23 heavy (non-hydrogen) atoms. The smallest absolute Gasteiger partial charge is 0.292 e. The molecule has 0 N–H and O–H groups in total. The minimum absolute atomic E-state index is 0.0854. The summed E-state index contributed by atoms with van der Waals surface area (Å²) in [5.41, 5.74) is 0.674. The Morgan fingerprint density at radius 3 is 2.43 bits per heavy atom. The Hall–Kier alpha value is -2.35. The first-order chi connectivity index (χ1) is 11.1. The predicted octanol–water partition coefficient (Wildman–Crippen LogP) is 2.91. The van der Waals surface area contributed by atoms with Crippen molar-refractivity contribution in [1.82, 2.24) is 4.90 Å². The van der Waals surface area contributed by atoms with Crippen molar-refractivity contribution in [1.29, 1.82) is 0 Å². The van der Waals surface area contributed by atoms with Crippen LogP contribution in [0.2, 0.25) is 0 Å². The summed E-state index contributed by atoms with van der Waals surface area (Å²) in [4.78, 5) is 26.7. The maximum atomic E-state index is 12.3. The van der Waals surface area contributed by atoms with E-state index < -0.39 is 0 Å². The van der Waals surface area contributed by atoms with Gasteiger partial charge in [-0.15, -0.1) is 0 Å². The van der Waals surface area contributed by atoms with E-state index in [-0.39, 0.29) is 22.3 Å². The Balaban J connectivity index is 1.69. The number of halogens is 1. The van der Waals surface area contributed by atoms with Gasteiger partial charge in [-0.3, -0.25) is 14.9 Å². The molecule has 3 rings (SSSR count). The van der Waals surface area contributed by atoms with Crippen LogP contribution in [0.15, 0.2) is 45.5 Å². The quantitative estimate of drug-likeness (QED) is 0.604. The van der Waals surface area contributed by atoms with Gasteiger partial charge in [-0.25, -0.2) is 0 Å². The Kier molecular flexibility index (Phi) is 4.33. The first-order valence-corrected chi connectivity index (χ1v) is 7.88. The number of amides is 1. The van der Waals surface area contributed by atoms with Crippen LogP contribution in [0, 0.1) is 10.1 Å². The van der Waals surface area contributed by atoms with E-state index in [0.29, 0.717) is 36.5 Å². The van der Waals surface area contributed by atoms with Crippen molar-refractivity contribution in [3.8, 4) is 0 Å². The molecule has 1 amide bonds. The van der Waals surface area contributed by atoms with Crippen LogP contribution >= 0.6 is 15.9 Å². The van der Waals surface area contributed by atoms with Gasteiger partial charge >= 0.3 is 0 Å². The summed E-state index contributed by atoms with van der Waals surface area (Å²) in [6.45, 7) is 2.06. The summed E-state index contributed by atoms with van der Waals surface area (Å²) in [5.74, 6) is 0.119. The van der Waals surface area contributed by atoms with E-state index in [2.05, 4.69) is 15.9 Å². The van der Waals surface area contributed by atoms with E-state index in [1.54, 1.807) is 35.2 Å². The third-order valence-corrected chi connectivity index (χ3v) is 4.20. The first kappa shape index (κ1) is 15.5. The Morgan fingerprint density at radius 2 is 1.83 bits per heavy atom. The van der Waals surface area contributed by atoms with Gasteiger partial charge in [-0.1, -0.05) is 12.1 Å².